The molecule has 1 aliphatic heterocycles. The van der Waals surface area contributed by atoms with E-state index in [0.717, 1.165) is 11.8 Å². The molecule has 1 aliphatic rings. The molecule has 0 aromatic heterocycles. The smallest absolute Gasteiger partial charge is 0.343 e. The highest BCUT2D eigenvalue weighted by Gasteiger charge is 2.32. The molecule has 1 amide bonds. The lowest BCUT2D eigenvalue weighted by molar-refractivity contribution is -0.138. The van der Waals surface area contributed by atoms with E-state index in [9.17, 15) is 14.4 Å². The minimum absolute atomic E-state index is 0.225. The van der Waals surface area contributed by atoms with Crippen molar-refractivity contribution in [1.29, 1.82) is 0 Å². The number of aliphatic carboxylic acids is 1. The number of benzene rings is 2. The highest BCUT2D eigenvalue weighted by Crippen LogP contribution is 2.28. The van der Waals surface area contributed by atoms with Crippen LogP contribution in [0.15, 0.2) is 58.7 Å². The normalized spacial score (nSPS) is 17.2. The number of hydrogen-bond donors (Lipinski definition) is 2. The summed E-state index contributed by atoms with van der Waals surface area (Å²) in [5.41, 5.74) is 1.03. The van der Waals surface area contributed by atoms with Gasteiger partial charge in [0, 0.05) is 0 Å². The minimum Gasteiger partial charge on any atom is -0.493 e. The molecule has 30 heavy (non-hydrogen) atoms. The van der Waals surface area contributed by atoms with Crippen molar-refractivity contribution in [3.05, 3.63) is 59.7 Å². The minimum atomic E-state index is -1.06. The number of methoxy groups -OCH3 is 1. The van der Waals surface area contributed by atoms with Gasteiger partial charge in [-0.1, -0.05) is 30.0 Å². The first-order valence-electron chi connectivity index (χ1n) is 8.72. The standard InChI is InChI=1S/C20H17N3O6S/c1-28-15-9-12(7-8-14(15)29-19(27)13-5-3-2-4-6-13)11-21-23-20-22-18(26)16(30-20)10-17(24)25/h2-9,11,16H,10H2,1H3,(H,24,25)(H,22,23,26). The maximum atomic E-state index is 12.2. The Hall–Kier alpha value is -3.66. The molecule has 154 valence electrons. The van der Waals surface area contributed by atoms with Crippen LogP contribution in [0, 0.1) is 0 Å². The molecule has 1 unspecified atom stereocenters. The first kappa shape index (κ1) is 21.1. The van der Waals surface area contributed by atoms with E-state index in [1.165, 1.54) is 13.3 Å². The van der Waals surface area contributed by atoms with Gasteiger partial charge in [-0.25, -0.2) is 4.79 Å². The lowest BCUT2D eigenvalue weighted by Crippen LogP contribution is -2.26. The average molecular weight is 427 g/mol. The zero-order chi connectivity index (χ0) is 21.5. The summed E-state index contributed by atoms with van der Waals surface area (Å²) in [7, 11) is 1.45. The van der Waals surface area contributed by atoms with Gasteiger partial charge in [0.15, 0.2) is 16.7 Å². The lowest BCUT2D eigenvalue weighted by Gasteiger charge is -2.09. The first-order chi connectivity index (χ1) is 14.5. The fourth-order valence-electron chi connectivity index (χ4n) is 2.47. The second kappa shape index (κ2) is 9.70. The number of carboxylic acids is 1. The molecular weight excluding hydrogens is 410 g/mol. The summed E-state index contributed by atoms with van der Waals surface area (Å²) in [5, 5.41) is 18.6. The summed E-state index contributed by atoms with van der Waals surface area (Å²) < 4.78 is 10.7. The van der Waals surface area contributed by atoms with E-state index in [1.54, 1.807) is 48.5 Å². The molecule has 0 radical (unpaired) electrons. The molecule has 0 aliphatic carbocycles. The molecule has 1 heterocycles. The van der Waals surface area contributed by atoms with Gasteiger partial charge in [-0.3, -0.25) is 9.59 Å². The molecular formula is C20H17N3O6S. The van der Waals surface area contributed by atoms with Crippen molar-refractivity contribution >= 4 is 41.0 Å². The number of amides is 1. The molecule has 2 N–H and O–H groups in total. The SMILES string of the molecule is COc1cc(C=N/N=C2/NC(=O)C(CC(=O)O)S2)ccc1OC(=O)c1ccccc1. The number of nitrogens with zero attached hydrogens (tertiary/aromatic N) is 2. The molecule has 2 aromatic rings. The van der Waals surface area contributed by atoms with Gasteiger partial charge < -0.3 is 19.9 Å². The maximum absolute atomic E-state index is 12.2. The van der Waals surface area contributed by atoms with E-state index in [4.69, 9.17) is 14.6 Å². The third kappa shape index (κ3) is 5.45. The first-order valence-corrected chi connectivity index (χ1v) is 9.60. The number of esters is 1. The Kier molecular flexibility index (Phi) is 6.81. The van der Waals surface area contributed by atoms with Gasteiger partial charge in [0.25, 0.3) is 0 Å². The molecule has 0 saturated carbocycles. The summed E-state index contributed by atoms with van der Waals surface area (Å²) in [6.45, 7) is 0. The Morgan fingerprint density at radius 1 is 1.20 bits per heavy atom. The van der Waals surface area contributed by atoms with Crippen LogP contribution < -0.4 is 14.8 Å². The Labute approximate surface area is 175 Å². The van der Waals surface area contributed by atoms with Crippen LogP contribution in [0.4, 0.5) is 0 Å². The van der Waals surface area contributed by atoms with E-state index in [1.807, 2.05) is 0 Å². The number of carboxylic acid groups (broad SMARTS) is 1. The molecule has 0 bridgehead atoms. The number of thioether (sulfide) groups is 1. The van der Waals surface area contributed by atoms with Gasteiger partial charge in [-0.2, -0.15) is 5.10 Å². The summed E-state index contributed by atoms with van der Waals surface area (Å²) >= 11 is 1.01. The van der Waals surface area contributed by atoms with Crippen molar-refractivity contribution in [1.82, 2.24) is 5.32 Å². The monoisotopic (exact) mass is 427 g/mol. The number of hydrogen-bond acceptors (Lipinski definition) is 8. The molecule has 1 atom stereocenters. The Bertz CT molecular complexity index is 1020. The molecule has 10 heteroatoms. The zero-order valence-corrected chi connectivity index (χ0v) is 16.6. The van der Waals surface area contributed by atoms with E-state index in [2.05, 4.69) is 15.5 Å². The van der Waals surface area contributed by atoms with Gasteiger partial charge in [-0.15, -0.1) is 5.10 Å². The highest BCUT2D eigenvalue weighted by atomic mass is 32.2. The molecule has 9 nitrogen and oxygen atoms in total. The predicted octanol–water partition coefficient (Wildman–Crippen LogP) is 2.31. The van der Waals surface area contributed by atoms with Crippen molar-refractivity contribution in [2.45, 2.75) is 11.7 Å². The predicted molar refractivity (Wildman–Crippen MR) is 111 cm³/mol. The van der Waals surface area contributed by atoms with E-state index >= 15 is 0 Å². The van der Waals surface area contributed by atoms with Gasteiger partial charge in [-0.05, 0) is 35.9 Å². The van der Waals surface area contributed by atoms with Crippen LogP contribution in [0.25, 0.3) is 0 Å². The number of carbonyl (C=O) groups is 3. The number of nitrogens with one attached hydrogen (secondary N) is 1. The van der Waals surface area contributed by atoms with E-state index in [-0.39, 0.29) is 17.3 Å². The van der Waals surface area contributed by atoms with E-state index in [0.29, 0.717) is 16.9 Å². The molecule has 1 saturated heterocycles. The topological polar surface area (TPSA) is 127 Å². The number of rotatable bonds is 7. The molecule has 2 aromatic carbocycles. The van der Waals surface area contributed by atoms with Crippen molar-refractivity contribution < 1.29 is 29.0 Å². The Morgan fingerprint density at radius 2 is 1.97 bits per heavy atom. The van der Waals surface area contributed by atoms with Crippen molar-refractivity contribution in [3.8, 4) is 11.5 Å². The van der Waals surface area contributed by atoms with Crippen LogP contribution in [0.3, 0.4) is 0 Å². The van der Waals surface area contributed by atoms with Crippen LogP contribution >= 0.6 is 11.8 Å². The molecule has 1 fully saturated rings. The fraction of sp³-hybridized carbons (Fsp3) is 0.150. The third-order valence-electron chi connectivity index (χ3n) is 3.89. The fourth-order valence-corrected chi connectivity index (χ4v) is 3.39. The third-order valence-corrected chi connectivity index (χ3v) is 4.96. The van der Waals surface area contributed by atoms with Gasteiger partial charge in [0.2, 0.25) is 5.91 Å². The summed E-state index contributed by atoms with van der Waals surface area (Å²) in [6.07, 6.45) is 1.13. The van der Waals surface area contributed by atoms with E-state index < -0.39 is 23.1 Å². The Balaban J connectivity index is 1.67. The quantitative estimate of drug-likeness (QED) is 0.300. The van der Waals surface area contributed by atoms with Crippen LogP contribution in [-0.2, 0) is 9.59 Å². The average Bonchev–Trinajstić information content (AvgIpc) is 3.08. The number of carbonyl (C=O) groups excluding carboxylic acids is 2. The van der Waals surface area contributed by atoms with Crippen LogP contribution in [0.5, 0.6) is 11.5 Å². The van der Waals surface area contributed by atoms with Crippen LogP contribution in [0.2, 0.25) is 0 Å². The second-order valence-electron chi connectivity index (χ2n) is 6.01. The number of amidine groups is 1. The Morgan fingerprint density at radius 3 is 2.67 bits per heavy atom. The van der Waals surface area contributed by atoms with Crippen molar-refractivity contribution in [2.24, 2.45) is 10.2 Å². The van der Waals surface area contributed by atoms with Gasteiger partial charge in [0.1, 0.15) is 5.25 Å². The lowest BCUT2D eigenvalue weighted by atomic mass is 10.2. The molecule has 3 rings (SSSR count). The molecule has 0 spiro atoms. The van der Waals surface area contributed by atoms with Crippen molar-refractivity contribution in [2.75, 3.05) is 7.11 Å². The van der Waals surface area contributed by atoms with Crippen LogP contribution in [0.1, 0.15) is 22.3 Å². The van der Waals surface area contributed by atoms with Gasteiger partial charge >= 0.3 is 11.9 Å². The summed E-state index contributed by atoms with van der Waals surface area (Å²) in [4.78, 5) is 34.6. The number of ether oxygens (including phenoxy) is 2. The highest BCUT2D eigenvalue weighted by molar-refractivity contribution is 8.15. The summed E-state index contributed by atoms with van der Waals surface area (Å²) in [5.74, 6) is -1.40. The summed E-state index contributed by atoms with van der Waals surface area (Å²) in [6, 6.07) is 13.4. The zero-order valence-electron chi connectivity index (χ0n) is 15.8. The maximum Gasteiger partial charge on any atom is 0.343 e. The largest absolute Gasteiger partial charge is 0.493 e. The van der Waals surface area contributed by atoms with Crippen LogP contribution in [-0.4, -0.2) is 46.7 Å². The van der Waals surface area contributed by atoms with Crippen molar-refractivity contribution in [3.63, 3.8) is 0 Å². The second-order valence-corrected chi connectivity index (χ2v) is 7.20. The van der Waals surface area contributed by atoms with Gasteiger partial charge in [0.05, 0.1) is 25.3 Å².